The van der Waals surface area contributed by atoms with Gasteiger partial charge in [0.15, 0.2) is 0 Å². The molecule has 2 aliphatic heterocycles. The molecule has 2 aliphatic rings. The zero-order chi connectivity index (χ0) is 12.5. The molecule has 0 fully saturated rings. The average Bonchev–Trinajstić information content (AvgIpc) is 2.38. The maximum Gasteiger partial charge on any atom is 2.00 e. The zero-order valence-corrected chi connectivity index (χ0v) is 15.1. The van der Waals surface area contributed by atoms with Crippen LogP contribution in [0.4, 0.5) is 10.5 Å². The molecule has 7 heteroatoms. The second-order valence-electron chi connectivity index (χ2n) is 4.56. The van der Waals surface area contributed by atoms with Gasteiger partial charge in [-0.15, -0.1) is 0 Å². The maximum absolute atomic E-state index is 11.2. The van der Waals surface area contributed by atoms with Gasteiger partial charge in [0, 0.05) is 12.2 Å². The number of nitrogens with one attached hydrogen (secondary N) is 2. The van der Waals surface area contributed by atoms with E-state index in [0.717, 1.165) is 24.2 Å². The zero-order valence-electron chi connectivity index (χ0n) is 11.3. The molecule has 1 aromatic carbocycles. The summed E-state index contributed by atoms with van der Waals surface area (Å²) in [5.41, 5.74) is 7.17. The van der Waals surface area contributed by atoms with E-state index in [2.05, 4.69) is 34.0 Å². The van der Waals surface area contributed by atoms with Crippen molar-refractivity contribution in [2.45, 2.75) is 25.0 Å². The van der Waals surface area contributed by atoms with Gasteiger partial charge in [-0.25, -0.2) is 5.43 Å². The summed E-state index contributed by atoms with van der Waals surface area (Å²) in [6.07, 6.45) is 2.28. The topological polar surface area (TPSA) is 53.5 Å². The standard InChI is InChI=1S/C13H15N3OS.BrH.Mg/c1-8-12(15-16-13(17)18-8)10-4-5-11-9(7-10)3-2-6-14-11;;/h4-5,7-8,14H,2-3,6H2,1H3,(H,16,17);1H;/q;;+2/p-1. The van der Waals surface area contributed by atoms with Gasteiger partial charge in [0.05, 0.1) is 11.0 Å². The van der Waals surface area contributed by atoms with E-state index in [-0.39, 0.29) is 50.5 Å². The third kappa shape index (κ3) is 3.69. The number of thioether (sulfide) groups is 1. The van der Waals surface area contributed by atoms with Crippen molar-refractivity contribution in [1.82, 2.24) is 5.43 Å². The average molecular weight is 366 g/mol. The number of hydrogen-bond acceptors (Lipinski definition) is 4. The molecule has 1 amide bonds. The number of amides is 1. The van der Waals surface area contributed by atoms with Crippen LogP contribution in [0.2, 0.25) is 0 Å². The molecule has 0 saturated carbocycles. The van der Waals surface area contributed by atoms with Crippen molar-refractivity contribution in [3.8, 4) is 0 Å². The number of halogens is 1. The Kier molecular flexibility index (Phi) is 6.83. The number of rotatable bonds is 1. The van der Waals surface area contributed by atoms with Gasteiger partial charge in [0.25, 0.3) is 5.24 Å². The van der Waals surface area contributed by atoms with Gasteiger partial charge >= 0.3 is 23.1 Å². The number of anilines is 1. The second-order valence-corrected chi connectivity index (χ2v) is 5.87. The number of hydrogen-bond donors (Lipinski definition) is 2. The van der Waals surface area contributed by atoms with Gasteiger partial charge in [-0.3, -0.25) is 4.79 Å². The molecule has 1 unspecified atom stereocenters. The number of aryl methyl sites for hydroxylation is 1. The van der Waals surface area contributed by atoms with Gasteiger partial charge in [-0.05, 0) is 43.0 Å². The summed E-state index contributed by atoms with van der Waals surface area (Å²) in [6, 6.07) is 6.37. The summed E-state index contributed by atoms with van der Waals surface area (Å²) in [4.78, 5) is 11.2. The van der Waals surface area contributed by atoms with Crippen LogP contribution >= 0.6 is 11.8 Å². The van der Waals surface area contributed by atoms with E-state index < -0.39 is 0 Å². The molecule has 4 nitrogen and oxygen atoms in total. The minimum atomic E-state index is -0.0779. The molecule has 20 heavy (non-hydrogen) atoms. The van der Waals surface area contributed by atoms with Crippen LogP contribution in [-0.2, 0) is 6.42 Å². The van der Waals surface area contributed by atoms with Crippen molar-refractivity contribution in [1.29, 1.82) is 0 Å². The molecule has 0 aromatic heterocycles. The minimum absolute atomic E-state index is 0. The van der Waals surface area contributed by atoms with E-state index in [9.17, 15) is 4.79 Å². The van der Waals surface area contributed by atoms with Crippen molar-refractivity contribution >= 4 is 51.5 Å². The SMILES string of the molecule is CC1SC(=O)NN=C1c1ccc2c(c1)CCCN2.[Br-].[Mg+2]. The number of fused-ring (bicyclic) bond motifs is 1. The second kappa shape index (κ2) is 7.68. The van der Waals surface area contributed by atoms with E-state index in [1.807, 2.05) is 6.92 Å². The van der Waals surface area contributed by atoms with Crippen LogP contribution < -0.4 is 27.7 Å². The molecular formula is C13H15BrMgN3OS+. The number of hydrazone groups is 1. The summed E-state index contributed by atoms with van der Waals surface area (Å²) < 4.78 is 0. The van der Waals surface area contributed by atoms with Crippen molar-refractivity contribution in [3.05, 3.63) is 29.3 Å². The molecule has 0 aliphatic carbocycles. The number of carbonyl (C=O) groups is 1. The number of carbonyl (C=O) groups excluding carboxylic acids is 1. The van der Waals surface area contributed by atoms with Gasteiger partial charge in [-0.1, -0.05) is 17.8 Å². The van der Waals surface area contributed by atoms with Crippen molar-refractivity contribution < 1.29 is 21.8 Å². The molecule has 1 aromatic rings. The Bertz CT molecular complexity index is 538. The predicted molar refractivity (Wildman–Crippen MR) is 81.1 cm³/mol. The predicted octanol–water partition coefficient (Wildman–Crippen LogP) is -0.783. The van der Waals surface area contributed by atoms with E-state index in [4.69, 9.17) is 0 Å². The fourth-order valence-corrected chi connectivity index (χ4v) is 3.09. The molecule has 0 saturated heterocycles. The molecular weight excluding hydrogens is 350 g/mol. The Morgan fingerprint density at radius 1 is 1.40 bits per heavy atom. The first kappa shape index (κ1) is 17.8. The first-order valence-corrected chi connectivity index (χ1v) is 7.03. The van der Waals surface area contributed by atoms with Crippen LogP contribution in [0.3, 0.4) is 0 Å². The monoisotopic (exact) mass is 364 g/mol. The Balaban J connectivity index is 0.000001000. The smallest absolute Gasteiger partial charge is 1.00 e. The van der Waals surface area contributed by atoms with Gasteiger partial charge in [-0.2, -0.15) is 5.10 Å². The molecule has 1 atom stereocenters. The molecule has 0 bridgehead atoms. The van der Waals surface area contributed by atoms with Gasteiger partial charge < -0.3 is 22.3 Å². The number of benzene rings is 1. The van der Waals surface area contributed by atoms with E-state index >= 15 is 0 Å². The van der Waals surface area contributed by atoms with E-state index in [1.54, 1.807) is 0 Å². The fourth-order valence-electron chi connectivity index (χ4n) is 2.37. The van der Waals surface area contributed by atoms with E-state index in [0.29, 0.717) is 0 Å². The Morgan fingerprint density at radius 3 is 2.95 bits per heavy atom. The molecule has 102 valence electrons. The van der Waals surface area contributed by atoms with Gasteiger partial charge in [0.2, 0.25) is 0 Å². The van der Waals surface area contributed by atoms with Crippen molar-refractivity contribution in [3.63, 3.8) is 0 Å². The summed E-state index contributed by atoms with van der Waals surface area (Å²) in [7, 11) is 0. The van der Waals surface area contributed by atoms with Crippen LogP contribution in [-0.4, -0.2) is 45.8 Å². The maximum atomic E-state index is 11.2. The number of nitrogens with zero attached hydrogens (tertiary/aromatic N) is 1. The molecule has 0 spiro atoms. The molecule has 2 heterocycles. The summed E-state index contributed by atoms with van der Waals surface area (Å²) >= 11 is 1.29. The third-order valence-corrected chi connectivity index (χ3v) is 4.16. The Hall–Kier alpha value is -0.244. The summed E-state index contributed by atoms with van der Waals surface area (Å²) in [6.45, 7) is 3.07. The van der Waals surface area contributed by atoms with Crippen LogP contribution in [0.15, 0.2) is 23.3 Å². The minimum Gasteiger partial charge on any atom is -1.00 e. The third-order valence-electron chi connectivity index (χ3n) is 3.28. The van der Waals surface area contributed by atoms with Crippen LogP contribution in [0.5, 0.6) is 0 Å². The summed E-state index contributed by atoms with van der Waals surface area (Å²) in [5.74, 6) is 0. The normalized spacial score (nSPS) is 20.4. The van der Waals surface area contributed by atoms with Crippen LogP contribution in [0.1, 0.15) is 24.5 Å². The first-order chi connectivity index (χ1) is 8.74. The quantitative estimate of drug-likeness (QED) is 0.642. The molecule has 0 radical (unpaired) electrons. The van der Waals surface area contributed by atoms with Crippen LogP contribution in [0, 0.1) is 0 Å². The molecule has 3 rings (SSSR count). The molecule has 2 N–H and O–H groups in total. The van der Waals surface area contributed by atoms with Crippen molar-refractivity contribution in [2.75, 3.05) is 11.9 Å². The van der Waals surface area contributed by atoms with Crippen LogP contribution in [0.25, 0.3) is 0 Å². The fraction of sp³-hybridized carbons (Fsp3) is 0.385. The Morgan fingerprint density at radius 2 is 2.20 bits per heavy atom. The van der Waals surface area contributed by atoms with Gasteiger partial charge in [0.1, 0.15) is 0 Å². The largest absolute Gasteiger partial charge is 2.00 e. The Labute approximate surface area is 149 Å². The first-order valence-electron chi connectivity index (χ1n) is 6.15. The van der Waals surface area contributed by atoms with E-state index in [1.165, 1.54) is 29.4 Å². The summed E-state index contributed by atoms with van der Waals surface area (Å²) in [5, 5.41) is 7.61. The van der Waals surface area contributed by atoms with Crippen molar-refractivity contribution in [2.24, 2.45) is 5.10 Å².